The topological polar surface area (TPSA) is 85.8 Å². The number of carboxylic acid groups (broad SMARTS) is 1. The smallest absolute Gasteiger partial charge is 0.317 e. The lowest BCUT2D eigenvalue weighted by atomic mass is 10.2. The average molecular weight is 294 g/mol. The van der Waals surface area contributed by atoms with Crippen molar-refractivity contribution in [2.24, 2.45) is 5.92 Å². The number of amides is 2. The second-order valence-corrected chi connectivity index (χ2v) is 5.20. The highest BCUT2D eigenvalue weighted by Crippen LogP contribution is 2.07. The zero-order chi connectivity index (χ0) is 16.0. The number of urea groups is 1. The Labute approximate surface area is 124 Å². The first-order chi connectivity index (χ1) is 9.81. The van der Waals surface area contributed by atoms with Crippen LogP contribution in [0.2, 0.25) is 0 Å². The van der Waals surface area contributed by atoms with Gasteiger partial charge in [0.1, 0.15) is 5.82 Å². The third-order valence-corrected chi connectivity index (χ3v) is 3.03. The van der Waals surface area contributed by atoms with Crippen molar-refractivity contribution in [3.05, 3.63) is 23.9 Å². The molecule has 1 aromatic heterocycles. The lowest BCUT2D eigenvalue weighted by Gasteiger charge is -2.20. The molecule has 0 aliphatic rings. The number of anilines is 1. The maximum atomic E-state index is 11.8. The van der Waals surface area contributed by atoms with E-state index in [4.69, 9.17) is 5.11 Å². The summed E-state index contributed by atoms with van der Waals surface area (Å²) in [6.07, 6.45) is 1.70. The molecule has 2 amide bonds. The van der Waals surface area contributed by atoms with E-state index in [-0.39, 0.29) is 12.6 Å². The van der Waals surface area contributed by atoms with Gasteiger partial charge in [0.25, 0.3) is 0 Å². The molecule has 7 heteroatoms. The molecule has 0 fully saturated rings. The van der Waals surface area contributed by atoms with E-state index in [0.29, 0.717) is 6.54 Å². The molecule has 1 heterocycles. The minimum absolute atomic E-state index is 0.166. The number of aliphatic carboxylic acids is 1. The monoisotopic (exact) mass is 294 g/mol. The largest absolute Gasteiger partial charge is 0.481 e. The number of pyridine rings is 1. The summed E-state index contributed by atoms with van der Waals surface area (Å²) in [5.74, 6) is -0.669. The van der Waals surface area contributed by atoms with Crippen molar-refractivity contribution in [2.75, 3.05) is 32.6 Å². The van der Waals surface area contributed by atoms with Crippen molar-refractivity contribution < 1.29 is 14.7 Å². The molecular formula is C14H22N4O3. The number of nitrogens with one attached hydrogen (secondary N) is 1. The summed E-state index contributed by atoms with van der Waals surface area (Å²) in [5.41, 5.74) is 0.883. The molecule has 0 radical (unpaired) electrons. The maximum Gasteiger partial charge on any atom is 0.317 e. The molecule has 0 aromatic carbocycles. The molecule has 116 valence electrons. The van der Waals surface area contributed by atoms with Crippen LogP contribution in [0.25, 0.3) is 0 Å². The van der Waals surface area contributed by atoms with Crippen LogP contribution in [0.4, 0.5) is 10.6 Å². The molecular weight excluding hydrogens is 272 g/mol. The van der Waals surface area contributed by atoms with Gasteiger partial charge in [-0.05, 0) is 11.6 Å². The minimum Gasteiger partial charge on any atom is -0.481 e. The highest BCUT2D eigenvalue weighted by molar-refractivity contribution is 5.75. The summed E-state index contributed by atoms with van der Waals surface area (Å²) in [7, 11) is 5.38. The summed E-state index contributed by atoms with van der Waals surface area (Å²) < 4.78 is 0. The number of hydrogen-bond acceptors (Lipinski definition) is 4. The summed E-state index contributed by atoms with van der Waals surface area (Å²) in [6, 6.07) is 3.46. The second-order valence-electron chi connectivity index (χ2n) is 5.20. The van der Waals surface area contributed by atoms with Gasteiger partial charge < -0.3 is 20.2 Å². The van der Waals surface area contributed by atoms with E-state index in [0.717, 1.165) is 11.4 Å². The lowest BCUT2D eigenvalue weighted by molar-refractivity contribution is -0.141. The molecule has 21 heavy (non-hydrogen) atoms. The average Bonchev–Trinajstić information content (AvgIpc) is 2.44. The van der Waals surface area contributed by atoms with E-state index in [9.17, 15) is 9.59 Å². The molecule has 0 saturated carbocycles. The van der Waals surface area contributed by atoms with Crippen molar-refractivity contribution in [3.8, 4) is 0 Å². The molecule has 1 atom stereocenters. The van der Waals surface area contributed by atoms with E-state index in [1.165, 1.54) is 4.90 Å². The number of aromatic nitrogens is 1. The van der Waals surface area contributed by atoms with Crippen LogP contribution in [0.15, 0.2) is 18.3 Å². The van der Waals surface area contributed by atoms with Gasteiger partial charge >= 0.3 is 12.0 Å². The van der Waals surface area contributed by atoms with Crippen molar-refractivity contribution in [2.45, 2.75) is 13.5 Å². The molecule has 1 unspecified atom stereocenters. The summed E-state index contributed by atoms with van der Waals surface area (Å²) >= 11 is 0. The molecule has 7 nitrogen and oxygen atoms in total. The molecule has 0 spiro atoms. The third kappa shape index (κ3) is 5.29. The van der Waals surface area contributed by atoms with E-state index < -0.39 is 11.9 Å². The van der Waals surface area contributed by atoms with Crippen LogP contribution in [-0.4, -0.2) is 54.7 Å². The number of nitrogens with zero attached hydrogens (tertiary/aromatic N) is 3. The van der Waals surface area contributed by atoms with Crippen LogP contribution >= 0.6 is 0 Å². The Morgan fingerprint density at radius 1 is 1.33 bits per heavy atom. The quantitative estimate of drug-likeness (QED) is 0.818. The van der Waals surface area contributed by atoms with Gasteiger partial charge in [-0.25, -0.2) is 9.78 Å². The van der Waals surface area contributed by atoms with Crippen LogP contribution in [0.5, 0.6) is 0 Å². The first kappa shape index (κ1) is 16.7. The van der Waals surface area contributed by atoms with Gasteiger partial charge in [0.05, 0.1) is 5.92 Å². The van der Waals surface area contributed by atoms with Crippen LogP contribution < -0.4 is 10.2 Å². The Kier molecular flexibility index (Phi) is 5.95. The molecule has 1 rings (SSSR count). The van der Waals surface area contributed by atoms with E-state index in [2.05, 4.69) is 10.3 Å². The Bertz CT molecular complexity index is 487. The fourth-order valence-electron chi connectivity index (χ4n) is 1.67. The van der Waals surface area contributed by atoms with Gasteiger partial charge in [0.15, 0.2) is 0 Å². The van der Waals surface area contributed by atoms with Crippen molar-refractivity contribution >= 4 is 17.8 Å². The van der Waals surface area contributed by atoms with Gasteiger partial charge in [-0.1, -0.05) is 13.0 Å². The van der Waals surface area contributed by atoms with Crippen LogP contribution in [0.1, 0.15) is 12.5 Å². The normalized spacial score (nSPS) is 11.6. The molecule has 0 bridgehead atoms. The number of carbonyl (C=O) groups excluding carboxylic acids is 1. The molecule has 0 aliphatic carbocycles. The Morgan fingerprint density at radius 2 is 2.00 bits per heavy atom. The van der Waals surface area contributed by atoms with E-state index in [1.807, 2.05) is 31.1 Å². The predicted octanol–water partition coefficient (Wildman–Crippen LogP) is 1.01. The minimum atomic E-state index is -0.918. The highest BCUT2D eigenvalue weighted by Gasteiger charge is 2.16. The van der Waals surface area contributed by atoms with E-state index in [1.54, 1.807) is 20.2 Å². The van der Waals surface area contributed by atoms with Crippen molar-refractivity contribution in [3.63, 3.8) is 0 Å². The van der Waals surface area contributed by atoms with Gasteiger partial charge in [0.2, 0.25) is 0 Å². The molecule has 2 N–H and O–H groups in total. The number of rotatable bonds is 6. The van der Waals surface area contributed by atoms with Crippen LogP contribution in [0.3, 0.4) is 0 Å². The van der Waals surface area contributed by atoms with Gasteiger partial charge in [0, 0.05) is 40.4 Å². The fraction of sp³-hybridized carbons (Fsp3) is 0.500. The number of hydrogen-bond donors (Lipinski definition) is 2. The predicted molar refractivity (Wildman–Crippen MR) is 80.2 cm³/mol. The summed E-state index contributed by atoms with van der Waals surface area (Å²) in [5, 5.41) is 11.6. The van der Waals surface area contributed by atoms with Crippen LogP contribution in [0, 0.1) is 5.92 Å². The Hall–Kier alpha value is -2.31. The first-order valence-corrected chi connectivity index (χ1v) is 6.65. The zero-order valence-electron chi connectivity index (χ0n) is 12.8. The third-order valence-electron chi connectivity index (χ3n) is 3.03. The Balaban J connectivity index is 2.47. The van der Waals surface area contributed by atoms with Crippen LogP contribution in [-0.2, 0) is 11.3 Å². The standard InChI is InChI=1S/C14H22N4O3/c1-10(13(19)20)9-18(4)14(21)16-8-11-5-6-12(15-7-11)17(2)3/h5-7,10H,8-9H2,1-4H3,(H,16,21)(H,19,20). The van der Waals surface area contributed by atoms with Gasteiger partial charge in [-0.3, -0.25) is 4.79 Å². The first-order valence-electron chi connectivity index (χ1n) is 6.65. The molecule has 0 aliphatic heterocycles. The van der Waals surface area contributed by atoms with E-state index >= 15 is 0 Å². The fourth-order valence-corrected chi connectivity index (χ4v) is 1.67. The zero-order valence-corrected chi connectivity index (χ0v) is 12.8. The van der Waals surface area contributed by atoms with Gasteiger partial charge in [-0.2, -0.15) is 0 Å². The number of carboxylic acids is 1. The summed E-state index contributed by atoms with van der Waals surface area (Å²) in [4.78, 5) is 30.1. The van der Waals surface area contributed by atoms with Gasteiger partial charge in [-0.15, -0.1) is 0 Å². The van der Waals surface area contributed by atoms with Crippen molar-refractivity contribution in [1.29, 1.82) is 0 Å². The Morgan fingerprint density at radius 3 is 2.48 bits per heavy atom. The second kappa shape index (κ2) is 7.47. The maximum absolute atomic E-state index is 11.8. The highest BCUT2D eigenvalue weighted by atomic mass is 16.4. The lowest BCUT2D eigenvalue weighted by Crippen LogP contribution is -2.40. The number of carbonyl (C=O) groups is 2. The summed E-state index contributed by atoms with van der Waals surface area (Å²) in [6.45, 7) is 2.08. The van der Waals surface area contributed by atoms with Crippen molar-refractivity contribution in [1.82, 2.24) is 15.2 Å². The SMILES string of the molecule is CC(CN(C)C(=O)NCc1ccc(N(C)C)nc1)C(=O)O. The molecule has 0 saturated heterocycles. The molecule has 1 aromatic rings.